The number of hydrogen-bond acceptors (Lipinski definition) is 3. The van der Waals surface area contributed by atoms with Crippen LogP contribution in [0.2, 0.25) is 0 Å². The molecule has 1 atom stereocenters. The van der Waals surface area contributed by atoms with Crippen molar-refractivity contribution in [3.05, 3.63) is 0 Å². The Kier molecular flexibility index (Phi) is 5.41. The van der Waals surface area contributed by atoms with Crippen LogP contribution >= 0.6 is 0 Å². The predicted molar refractivity (Wildman–Crippen MR) is 62.7 cm³/mol. The molecule has 0 radical (unpaired) electrons. The topological polar surface area (TPSA) is 66.8 Å². The summed E-state index contributed by atoms with van der Waals surface area (Å²) in [5.41, 5.74) is 0. The van der Waals surface area contributed by atoms with Gasteiger partial charge in [0.05, 0.1) is 19.1 Å². The summed E-state index contributed by atoms with van der Waals surface area (Å²) >= 11 is 0. The molecule has 1 aliphatic rings. The average Bonchev–Trinajstić information content (AvgIpc) is 2.28. The number of carboxylic acids is 1. The molecule has 0 bridgehead atoms. The first-order valence-corrected chi connectivity index (χ1v) is 6.16. The van der Waals surface area contributed by atoms with Crippen molar-refractivity contribution in [2.24, 2.45) is 0 Å². The molecule has 0 aromatic heterocycles. The molecule has 0 aromatic carbocycles. The Morgan fingerprint density at radius 2 is 2.12 bits per heavy atom. The molecule has 0 aromatic rings. The quantitative estimate of drug-likeness (QED) is 0.789. The zero-order valence-electron chi connectivity index (χ0n) is 10.5. The third kappa shape index (κ3) is 4.34. The lowest BCUT2D eigenvalue weighted by Crippen LogP contribution is -2.48. The van der Waals surface area contributed by atoms with Gasteiger partial charge in [-0.25, -0.2) is 4.79 Å². The van der Waals surface area contributed by atoms with Crippen molar-refractivity contribution in [2.45, 2.75) is 51.7 Å². The first-order valence-electron chi connectivity index (χ1n) is 6.16. The maximum Gasteiger partial charge on any atom is 0.326 e. The van der Waals surface area contributed by atoms with Gasteiger partial charge in [-0.1, -0.05) is 0 Å². The summed E-state index contributed by atoms with van der Waals surface area (Å²) in [5.74, 6) is -1.01. The van der Waals surface area contributed by atoms with Gasteiger partial charge in [0.2, 0.25) is 5.91 Å². The minimum atomic E-state index is -0.900. The normalized spacial score (nSPS) is 20.6. The molecule has 1 fully saturated rings. The number of carbonyl (C=O) groups excluding carboxylic acids is 1. The molecule has 1 amide bonds. The van der Waals surface area contributed by atoms with Crippen LogP contribution in [0.1, 0.15) is 39.5 Å². The van der Waals surface area contributed by atoms with Crippen molar-refractivity contribution < 1.29 is 19.4 Å². The van der Waals surface area contributed by atoms with Crippen LogP contribution in [0.5, 0.6) is 0 Å². The third-order valence-corrected chi connectivity index (χ3v) is 2.88. The molecular formula is C12H21NO4. The van der Waals surface area contributed by atoms with E-state index in [9.17, 15) is 9.59 Å². The second-order valence-corrected chi connectivity index (χ2v) is 4.61. The molecule has 1 heterocycles. The Morgan fingerprint density at radius 1 is 1.41 bits per heavy atom. The van der Waals surface area contributed by atoms with Gasteiger partial charge in [0.25, 0.3) is 0 Å². The van der Waals surface area contributed by atoms with E-state index in [0.29, 0.717) is 19.6 Å². The number of likely N-dealkylation sites (tertiary alicyclic amines) is 1. The molecular weight excluding hydrogens is 222 g/mol. The summed E-state index contributed by atoms with van der Waals surface area (Å²) in [7, 11) is 0. The number of carboxylic acid groups (broad SMARTS) is 1. The van der Waals surface area contributed by atoms with Crippen molar-refractivity contribution in [2.75, 3.05) is 13.2 Å². The van der Waals surface area contributed by atoms with Crippen molar-refractivity contribution >= 4 is 11.9 Å². The van der Waals surface area contributed by atoms with E-state index in [1.54, 1.807) is 0 Å². The maximum atomic E-state index is 11.9. The van der Waals surface area contributed by atoms with Crippen LogP contribution in [0.15, 0.2) is 0 Å². The van der Waals surface area contributed by atoms with Gasteiger partial charge in [0.1, 0.15) is 6.04 Å². The Hall–Kier alpha value is -1.10. The number of amides is 1. The van der Waals surface area contributed by atoms with Gasteiger partial charge < -0.3 is 14.7 Å². The first-order chi connectivity index (χ1) is 8.02. The molecule has 1 rings (SSSR count). The summed E-state index contributed by atoms with van der Waals surface area (Å²) in [5, 5.41) is 9.05. The molecule has 98 valence electrons. The second kappa shape index (κ2) is 6.59. The number of rotatable bonds is 5. The lowest BCUT2D eigenvalue weighted by molar-refractivity contribution is -0.152. The van der Waals surface area contributed by atoms with E-state index < -0.39 is 12.0 Å². The molecule has 17 heavy (non-hydrogen) atoms. The minimum Gasteiger partial charge on any atom is -0.480 e. The molecule has 5 nitrogen and oxygen atoms in total. The van der Waals surface area contributed by atoms with Gasteiger partial charge in [-0.15, -0.1) is 0 Å². The van der Waals surface area contributed by atoms with Gasteiger partial charge in [-0.05, 0) is 33.1 Å². The highest BCUT2D eigenvalue weighted by molar-refractivity contribution is 5.83. The van der Waals surface area contributed by atoms with Crippen molar-refractivity contribution in [3.8, 4) is 0 Å². The summed E-state index contributed by atoms with van der Waals surface area (Å²) in [6, 6.07) is -0.643. The minimum absolute atomic E-state index is 0.0967. The first kappa shape index (κ1) is 14.0. The number of aliphatic carboxylic acids is 1. The Bertz CT molecular complexity index is 278. The zero-order valence-corrected chi connectivity index (χ0v) is 10.5. The summed E-state index contributed by atoms with van der Waals surface area (Å²) in [6.07, 6.45) is 2.69. The molecule has 0 aliphatic carbocycles. The smallest absolute Gasteiger partial charge is 0.326 e. The van der Waals surface area contributed by atoms with Crippen LogP contribution in [0.3, 0.4) is 0 Å². The largest absolute Gasteiger partial charge is 0.480 e. The molecule has 1 aliphatic heterocycles. The number of nitrogens with zero attached hydrogens (tertiary/aromatic N) is 1. The van der Waals surface area contributed by atoms with E-state index in [1.807, 2.05) is 13.8 Å². The molecule has 5 heteroatoms. The van der Waals surface area contributed by atoms with Gasteiger partial charge in [0, 0.05) is 6.54 Å². The number of carbonyl (C=O) groups is 2. The second-order valence-electron chi connectivity index (χ2n) is 4.61. The maximum absolute atomic E-state index is 11.9. The summed E-state index contributed by atoms with van der Waals surface area (Å²) in [4.78, 5) is 24.4. The number of hydrogen-bond donors (Lipinski definition) is 1. The third-order valence-electron chi connectivity index (χ3n) is 2.88. The fourth-order valence-electron chi connectivity index (χ4n) is 2.01. The fourth-order valence-corrected chi connectivity index (χ4v) is 2.01. The van der Waals surface area contributed by atoms with Crippen molar-refractivity contribution in [1.82, 2.24) is 4.90 Å². The fraction of sp³-hybridized carbons (Fsp3) is 0.833. The van der Waals surface area contributed by atoms with E-state index >= 15 is 0 Å². The van der Waals surface area contributed by atoms with Gasteiger partial charge in [0.15, 0.2) is 0 Å². The van der Waals surface area contributed by atoms with E-state index in [4.69, 9.17) is 9.84 Å². The Morgan fingerprint density at radius 3 is 2.71 bits per heavy atom. The van der Waals surface area contributed by atoms with Crippen LogP contribution in [0.25, 0.3) is 0 Å². The highest BCUT2D eigenvalue weighted by Gasteiger charge is 2.31. The van der Waals surface area contributed by atoms with Crippen LogP contribution < -0.4 is 0 Å². The van der Waals surface area contributed by atoms with Crippen LogP contribution in [0, 0.1) is 0 Å². The number of piperidine rings is 1. The summed E-state index contributed by atoms with van der Waals surface area (Å²) in [6.45, 7) is 4.73. The standard InChI is InChI=1S/C12H21NO4/c1-9(2)17-8-6-11(14)13-7-4-3-5-10(13)12(15)16/h9-10H,3-8H2,1-2H3,(H,15,16). The highest BCUT2D eigenvalue weighted by Crippen LogP contribution is 2.18. The van der Waals surface area contributed by atoms with Crippen LogP contribution in [-0.4, -0.2) is 47.2 Å². The van der Waals surface area contributed by atoms with Crippen LogP contribution in [-0.2, 0) is 14.3 Å². The molecule has 1 saturated heterocycles. The number of ether oxygens (including phenoxy) is 1. The van der Waals surface area contributed by atoms with Gasteiger partial charge in [-0.3, -0.25) is 4.79 Å². The van der Waals surface area contributed by atoms with Gasteiger partial charge >= 0.3 is 5.97 Å². The SMILES string of the molecule is CC(C)OCCC(=O)N1CCCCC1C(=O)O. The average molecular weight is 243 g/mol. The van der Waals surface area contributed by atoms with Crippen LogP contribution in [0.4, 0.5) is 0 Å². The Labute approximate surface area is 102 Å². The van der Waals surface area contributed by atoms with Crippen molar-refractivity contribution in [1.29, 1.82) is 0 Å². The Balaban J connectivity index is 2.45. The lowest BCUT2D eigenvalue weighted by Gasteiger charge is -2.33. The highest BCUT2D eigenvalue weighted by atomic mass is 16.5. The zero-order chi connectivity index (χ0) is 12.8. The lowest BCUT2D eigenvalue weighted by atomic mass is 10.0. The van der Waals surface area contributed by atoms with Gasteiger partial charge in [-0.2, -0.15) is 0 Å². The van der Waals surface area contributed by atoms with E-state index in [0.717, 1.165) is 12.8 Å². The predicted octanol–water partition coefficient (Wildman–Crippen LogP) is 1.27. The van der Waals surface area contributed by atoms with E-state index in [-0.39, 0.29) is 18.4 Å². The molecule has 1 N–H and O–H groups in total. The van der Waals surface area contributed by atoms with E-state index in [2.05, 4.69) is 0 Å². The monoisotopic (exact) mass is 243 g/mol. The molecule has 0 saturated carbocycles. The summed E-state index contributed by atoms with van der Waals surface area (Å²) < 4.78 is 5.30. The molecule has 1 unspecified atom stereocenters. The van der Waals surface area contributed by atoms with Crippen molar-refractivity contribution in [3.63, 3.8) is 0 Å². The molecule has 0 spiro atoms. The van der Waals surface area contributed by atoms with E-state index in [1.165, 1.54) is 4.90 Å².